The molecule has 0 aliphatic carbocycles. The number of esters is 2. The molecule has 5 nitrogen and oxygen atoms in total. The molecule has 0 amide bonds. The van der Waals surface area contributed by atoms with Gasteiger partial charge in [-0.25, -0.2) is 0 Å². The first-order valence-corrected chi connectivity index (χ1v) is 7.03. The third-order valence-electron chi connectivity index (χ3n) is 2.85. The maximum Gasteiger partial charge on any atom is 0.319 e. The van der Waals surface area contributed by atoms with Gasteiger partial charge in [0.15, 0.2) is 0 Å². The Bertz CT molecular complexity index is 457. The van der Waals surface area contributed by atoms with E-state index in [1.54, 1.807) is 6.92 Å². The van der Waals surface area contributed by atoms with Crippen molar-refractivity contribution in [1.29, 1.82) is 0 Å². The van der Waals surface area contributed by atoms with Crippen molar-refractivity contribution in [2.45, 2.75) is 39.3 Å². The zero-order valence-electron chi connectivity index (χ0n) is 12.8. The smallest absolute Gasteiger partial charge is 0.319 e. The van der Waals surface area contributed by atoms with Crippen LogP contribution in [-0.2, 0) is 25.7 Å². The summed E-state index contributed by atoms with van der Waals surface area (Å²) < 4.78 is 10.1. The third kappa shape index (κ3) is 7.46. The Balaban J connectivity index is 2.33. The minimum atomic E-state index is -0.527. The first-order chi connectivity index (χ1) is 9.93. The van der Waals surface area contributed by atoms with Crippen LogP contribution in [0.1, 0.15) is 32.8 Å². The van der Waals surface area contributed by atoms with Gasteiger partial charge < -0.3 is 14.8 Å². The Morgan fingerprint density at radius 3 is 2.38 bits per heavy atom. The molecule has 1 aromatic carbocycles. The van der Waals surface area contributed by atoms with Gasteiger partial charge in [-0.05, 0) is 26.3 Å². The second kappa shape index (κ2) is 8.42. The van der Waals surface area contributed by atoms with Crippen molar-refractivity contribution in [2.75, 3.05) is 13.2 Å². The highest BCUT2D eigenvalue weighted by Crippen LogP contribution is 2.10. The molecule has 21 heavy (non-hydrogen) atoms. The van der Waals surface area contributed by atoms with E-state index in [-0.39, 0.29) is 31.5 Å². The van der Waals surface area contributed by atoms with Gasteiger partial charge in [-0.1, -0.05) is 30.3 Å². The average Bonchev–Trinajstić information content (AvgIpc) is 2.44. The summed E-state index contributed by atoms with van der Waals surface area (Å²) in [5.74, 6) is -0.636. The van der Waals surface area contributed by atoms with Crippen molar-refractivity contribution in [3.8, 4) is 0 Å². The topological polar surface area (TPSA) is 64.6 Å². The molecule has 0 aliphatic heterocycles. The maximum absolute atomic E-state index is 11.8. The molecule has 0 bridgehead atoms. The largest absolute Gasteiger partial charge is 0.465 e. The van der Waals surface area contributed by atoms with Crippen LogP contribution >= 0.6 is 0 Å². The van der Waals surface area contributed by atoms with Gasteiger partial charge in [-0.3, -0.25) is 9.59 Å². The summed E-state index contributed by atoms with van der Waals surface area (Å²) in [6.07, 6.45) is 0.180. The lowest BCUT2D eigenvalue weighted by molar-refractivity contribution is -0.147. The number of benzene rings is 1. The summed E-state index contributed by atoms with van der Waals surface area (Å²) in [6.45, 7) is 6.12. The van der Waals surface area contributed by atoms with E-state index in [0.717, 1.165) is 5.56 Å². The van der Waals surface area contributed by atoms with Crippen LogP contribution in [0.4, 0.5) is 0 Å². The number of ether oxygens (including phenoxy) is 2. The Kier molecular flexibility index (Phi) is 6.88. The Morgan fingerprint density at radius 1 is 1.10 bits per heavy atom. The number of carbonyl (C=O) groups excluding carboxylic acids is 2. The van der Waals surface area contributed by atoms with Crippen LogP contribution in [0.15, 0.2) is 30.3 Å². The minimum Gasteiger partial charge on any atom is -0.465 e. The number of hydrogen-bond acceptors (Lipinski definition) is 5. The Morgan fingerprint density at radius 2 is 1.76 bits per heavy atom. The fraction of sp³-hybridized carbons (Fsp3) is 0.500. The van der Waals surface area contributed by atoms with Crippen molar-refractivity contribution in [1.82, 2.24) is 5.32 Å². The van der Waals surface area contributed by atoms with Crippen molar-refractivity contribution < 1.29 is 19.1 Å². The molecule has 5 heteroatoms. The molecule has 0 atom stereocenters. The van der Waals surface area contributed by atoms with Gasteiger partial charge in [-0.15, -0.1) is 0 Å². The van der Waals surface area contributed by atoms with Crippen molar-refractivity contribution >= 4 is 11.9 Å². The monoisotopic (exact) mass is 293 g/mol. The van der Waals surface area contributed by atoms with E-state index in [1.807, 2.05) is 44.2 Å². The Hall–Kier alpha value is -1.88. The Labute approximate surface area is 125 Å². The van der Waals surface area contributed by atoms with E-state index in [1.165, 1.54) is 0 Å². The number of carbonyl (C=O) groups is 2. The highest BCUT2D eigenvalue weighted by atomic mass is 16.5. The highest BCUT2D eigenvalue weighted by Gasteiger charge is 2.23. The van der Waals surface area contributed by atoms with Crippen LogP contribution in [-0.4, -0.2) is 30.6 Å². The second-order valence-electron chi connectivity index (χ2n) is 5.37. The molecule has 1 rings (SSSR count). The molecule has 0 aromatic heterocycles. The number of hydrogen-bond donors (Lipinski definition) is 1. The predicted molar refractivity (Wildman–Crippen MR) is 79.6 cm³/mol. The zero-order valence-corrected chi connectivity index (χ0v) is 12.8. The van der Waals surface area contributed by atoms with Crippen LogP contribution in [0.25, 0.3) is 0 Å². The van der Waals surface area contributed by atoms with Crippen LogP contribution < -0.4 is 5.32 Å². The van der Waals surface area contributed by atoms with Crippen LogP contribution in [0, 0.1) is 0 Å². The predicted octanol–water partition coefficient (Wildman–Crippen LogP) is 2.05. The molecule has 0 radical (unpaired) electrons. The second-order valence-corrected chi connectivity index (χ2v) is 5.37. The van der Waals surface area contributed by atoms with Gasteiger partial charge in [0.25, 0.3) is 0 Å². The highest BCUT2D eigenvalue weighted by molar-refractivity contribution is 5.73. The van der Waals surface area contributed by atoms with E-state index in [4.69, 9.17) is 9.47 Å². The summed E-state index contributed by atoms with van der Waals surface area (Å²) in [4.78, 5) is 23.1. The molecule has 0 aliphatic rings. The lowest BCUT2D eigenvalue weighted by Crippen LogP contribution is -2.44. The summed E-state index contributed by atoms with van der Waals surface area (Å²) >= 11 is 0. The van der Waals surface area contributed by atoms with Gasteiger partial charge in [0.05, 0.1) is 19.6 Å². The normalized spacial score (nSPS) is 11.0. The van der Waals surface area contributed by atoms with Gasteiger partial charge >= 0.3 is 11.9 Å². The zero-order chi connectivity index (χ0) is 15.7. The van der Waals surface area contributed by atoms with Crippen LogP contribution in [0.2, 0.25) is 0 Å². The molecule has 0 heterocycles. The fourth-order valence-electron chi connectivity index (χ4n) is 1.74. The van der Waals surface area contributed by atoms with Crippen LogP contribution in [0.3, 0.4) is 0 Å². The fourth-order valence-corrected chi connectivity index (χ4v) is 1.74. The van der Waals surface area contributed by atoms with Crippen LogP contribution in [0.5, 0.6) is 0 Å². The van der Waals surface area contributed by atoms with E-state index >= 15 is 0 Å². The van der Waals surface area contributed by atoms with Gasteiger partial charge in [-0.2, -0.15) is 0 Å². The molecule has 0 unspecified atom stereocenters. The first kappa shape index (κ1) is 17.2. The molecule has 116 valence electrons. The molecule has 0 saturated heterocycles. The lowest BCUT2D eigenvalue weighted by atomic mass is 10.0. The van der Waals surface area contributed by atoms with E-state index in [9.17, 15) is 9.59 Å². The average molecular weight is 293 g/mol. The summed E-state index contributed by atoms with van der Waals surface area (Å²) in [5, 5.41) is 3.00. The molecule has 0 fully saturated rings. The molecule has 1 aromatic rings. The van der Waals surface area contributed by atoms with Gasteiger partial charge in [0, 0.05) is 5.54 Å². The van der Waals surface area contributed by atoms with E-state index in [0.29, 0.717) is 6.61 Å². The molecule has 0 spiro atoms. The number of rotatable bonds is 8. The lowest BCUT2D eigenvalue weighted by Gasteiger charge is -2.24. The third-order valence-corrected chi connectivity index (χ3v) is 2.85. The summed E-state index contributed by atoms with van der Waals surface area (Å²) in [5.41, 5.74) is 0.420. The standard InChI is InChI=1S/C16H23NO4/c1-4-20-15(19)11-17-16(2,3)10-14(18)21-12-13-8-6-5-7-9-13/h5-9,17H,4,10-12H2,1-3H3. The van der Waals surface area contributed by atoms with Crippen molar-refractivity contribution in [3.63, 3.8) is 0 Å². The van der Waals surface area contributed by atoms with E-state index in [2.05, 4.69) is 5.32 Å². The SMILES string of the molecule is CCOC(=O)CNC(C)(C)CC(=O)OCc1ccccc1. The summed E-state index contributed by atoms with van der Waals surface area (Å²) in [6, 6.07) is 9.50. The summed E-state index contributed by atoms with van der Waals surface area (Å²) in [7, 11) is 0. The number of nitrogens with one attached hydrogen (secondary N) is 1. The van der Waals surface area contributed by atoms with Crippen molar-refractivity contribution in [3.05, 3.63) is 35.9 Å². The molecule has 1 N–H and O–H groups in total. The minimum absolute atomic E-state index is 0.0762. The first-order valence-electron chi connectivity index (χ1n) is 7.03. The van der Waals surface area contributed by atoms with E-state index < -0.39 is 5.54 Å². The van der Waals surface area contributed by atoms with Crippen molar-refractivity contribution in [2.24, 2.45) is 0 Å². The molecule has 0 saturated carbocycles. The maximum atomic E-state index is 11.8. The molecular weight excluding hydrogens is 270 g/mol. The quantitative estimate of drug-likeness (QED) is 0.743. The van der Waals surface area contributed by atoms with Gasteiger partial charge in [0.2, 0.25) is 0 Å². The molecular formula is C16H23NO4. The van der Waals surface area contributed by atoms with Gasteiger partial charge in [0.1, 0.15) is 6.61 Å².